The van der Waals surface area contributed by atoms with E-state index in [1.807, 2.05) is 44.2 Å². The van der Waals surface area contributed by atoms with Crippen LogP contribution in [0.1, 0.15) is 19.4 Å². The van der Waals surface area contributed by atoms with Crippen LogP contribution in [0.2, 0.25) is 0 Å². The number of hydrogen-bond acceptors (Lipinski definition) is 2. The Bertz CT molecular complexity index is 315. The molecule has 1 aromatic carbocycles. The van der Waals surface area contributed by atoms with Crippen molar-refractivity contribution in [3.8, 4) is 0 Å². The average molecular weight is 206 g/mol. The van der Waals surface area contributed by atoms with Gasteiger partial charge in [0.05, 0.1) is 0 Å². The highest BCUT2D eigenvalue weighted by Gasteiger charge is 2.22. The van der Waals surface area contributed by atoms with Gasteiger partial charge in [-0.1, -0.05) is 36.9 Å². The van der Waals surface area contributed by atoms with Crippen LogP contribution < -0.4 is 0 Å². The fourth-order valence-electron chi connectivity index (χ4n) is 1.03. The van der Waals surface area contributed by atoms with Gasteiger partial charge in [-0.05, 0) is 19.4 Å². The minimum absolute atomic E-state index is 0.436. The Morgan fingerprint density at radius 3 is 2.40 bits per heavy atom. The third kappa shape index (κ3) is 3.40. The van der Waals surface area contributed by atoms with Crippen molar-refractivity contribution in [3.05, 3.63) is 48.2 Å². The summed E-state index contributed by atoms with van der Waals surface area (Å²) in [5.41, 5.74) is 0.694. The Morgan fingerprint density at radius 2 is 1.87 bits per heavy atom. The van der Waals surface area contributed by atoms with Gasteiger partial charge in [0.1, 0.15) is 18.0 Å². The molecule has 0 aromatic heterocycles. The van der Waals surface area contributed by atoms with Gasteiger partial charge in [-0.2, -0.15) is 0 Å². The van der Waals surface area contributed by atoms with E-state index in [1.165, 1.54) is 0 Å². The van der Waals surface area contributed by atoms with Crippen molar-refractivity contribution < 1.29 is 9.47 Å². The molecule has 0 bridgehead atoms. The van der Waals surface area contributed by atoms with Crippen LogP contribution in [-0.4, -0.2) is 12.7 Å². The largest absolute Gasteiger partial charge is 0.491 e. The van der Waals surface area contributed by atoms with E-state index in [0.29, 0.717) is 12.4 Å². The maximum absolute atomic E-state index is 5.56. The van der Waals surface area contributed by atoms with Gasteiger partial charge in [-0.15, -0.1) is 0 Å². The van der Waals surface area contributed by atoms with Gasteiger partial charge in [-0.3, -0.25) is 0 Å². The Balaban J connectivity index is 2.48. The molecule has 15 heavy (non-hydrogen) atoms. The molecule has 0 heterocycles. The van der Waals surface area contributed by atoms with Crippen molar-refractivity contribution >= 4 is 0 Å². The zero-order chi connectivity index (χ0) is 11.3. The van der Waals surface area contributed by atoms with E-state index >= 15 is 0 Å². The quantitative estimate of drug-likeness (QED) is 0.689. The fourth-order valence-corrected chi connectivity index (χ4v) is 1.03. The average Bonchev–Trinajstić information content (AvgIpc) is 2.27. The molecule has 0 amide bonds. The summed E-state index contributed by atoms with van der Waals surface area (Å²) in [4.78, 5) is 0. The molecule has 0 aliphatic rings. The topological polar surface area (TPSA) is 18.5 Å². The third-order valence-electron chi connectivity index (χ3n) is 2.44. The van der Waals surface area contributed by atoms with Gasteiger partial charge in [0.2, 0.25) is 0 Å². The highest BCUT2D eigenvalue weighted by Crippen LogP contribution is 2.20. The number of benzene rings is 1. The predicted molar refractivity (Wildman–Crippen MR) is 61.5 cm³/mol. The Morgan fingerprint density at radius 1 is 1.27 bits per heavy atom. The lowest BCUT2D eigenvalue weighted by Gasteiger charge is -2.25. The third-order valence-corrected chi connectivity index (χ3v) is 2.44. The predicted octanol–water partition coefficient (Wildman–Crippen LogP) is 3.14. The standard InChI is InChI=1S/C13H18O2/c1-11(13(2,3)14-4)15-10-12-8-6-5-7-9-12/h5-9H,1,10H2,2-4H3. The summed E-state index contributed by atoms with van der Waals surface area (Å²) in [6.45, 7) is 8.26. The van der Waals surface area contributed by atoms with E-state index in [0.717, 1.165) is 5.56 Å². The van der Waals surface area contributed by atoms with E-state index in [4.69, 9.17) is 9.47 Å². The van der Waals surface area contributed by atoms with E-state index in [2.05, 4.69) is 6.58 Å². The molecule has 0 saturated heterocycles. The van der Waals surface area contributed by atoms with Crippen LogP contribution in [0.5, 0.6) is 0 Å². The molecular formula is C13H18O2. The first-order chi connectivity index (χ1) is 7.06. The maximum Gasteiger partial charge on any atom is 0.121 e. The van der Waals surface area contributed by atoms with Crippen molar-refractivity contribution in [2.75, 3.05) is 7.11 Å². The lowest BCUT2D eigenvalue weighted by Crippen LogP contribution is -2.26. The van der Waals surface area contributed by atoms with Crippen LogP contribution in [0.15, 0.2) is 42.7 Å². The van der Waals surface area contributed by atoms with E-state index in [-0.39, 0.29) is 0 Å². The van der Waals surface area contributed by atoms with E-state index in [9.17, 15) is 0 Å². The molecule has 0 spiro atoms. The molecule has 0 atom stereocenters. The van der Waals surface area contributed by atoms with Crippen LogP contribution in [0.4, 0.5) is 0 Å². The summed E-state index contributed by atoms with van der Waals surface area (Å²) in [6.07, 6.45) is 0. The highest BCUT2D eigenvalue weighted by molar-refractivity contribution is 5.14. The molecular weight excluding hydrogens is 188 g/mol. The summed E-state index contributed by atoms with van der Waals surface area (Å²) >= 11 is 0. The second-order valence-electron chi connectivity index (χ2n) is 3.91. The SMILES string of the molecule is C=C(OCc1ccccc1)C(C)(C)OC. The molecule has 1 aromatic rings. The van der Waals surface area contributed by atoms with Crippen molar-refractivity contribution in [2.45, 2.75) is 26.1 Å². The second-order valence-corrected chi connectivity index (χ2v) is 3.91. The van der Waals surface area contributed by atoms with Crippen LogP contribution in [-0.2, 0) is 16.1 Å². The van der Waals surface area contributed by atoms with Crippen molar-refractivity contribution in [3.63, 3.8) is 0 Å². The van der Waals surface area contributed by atoms with Crippen molar-refractivity contribution in [1.29, 1.82) is 0 Å². The second kappa shape index (κ2) is 4.99. The molecule has 0 unspecified atom stereocenters. The van der Waals surface area contributed by atoms with Crippen LogP contribution >= 0.6 is 0 Å². The summed E-state index contributed by atoms with van der Waals surface area (Å²) in [5, 5.41) is 0. The zero-order valence-corrected chi connectivity index (χ0v) is 9.62. The molecule has 2 heteroatoms. The molecule has 0 aliphatic heterocycles. The van der Waals surface area contributed by atoms with Gasteiger partial charge >= 0.3 is 0 Å². The lowest BCUT2D eigenvalue weighted by molar-refractivity contribution is -0.00326. The number of hydrogen-bond donors (Lipinski definition) is 0. The molecule has 1 rings (SSSR count). The molecule has 0 saturated carbocycles. The summed E-state index contributed by atoms with van der Waals surface area (Å²) in [7, 11) is 1.65. The lowest BCUT2D eigenvalue weighted by atomic mass is 10.1. The van der Waals surface area contributed by atoms with Gasteiger partial charge < -0.3 is 9.47 Å². The molecule has 0 aliphatic carbocycles. The van der Waals surface area contributed by atoms with E-state index in [1.54, 1.807) is 7.11 Å². The van der Waals surface area contributed by atoms with Crippen molar-refractivity contribution in [1.82, 2.24) is 0 Å². The summed E-state index contributed by atoms with van der Waals surface area (Å²) in [6, 6.07) is 10.0. The first kappa shape index (κ1) is 11.8. The molecule has 0 radical (unpaired) electrons. The van der Waals surface area contributed by atoms with Gasteiger partial charge in [-0.25, -0.2) is 0 Å². The first-order valence-corrected chi connectivity index (χ1v) is 4.97. The first-order valence-electron chi connectivity index (χ1n) is 4.97. The summed E-state index contributed by atoms with van der Waals surface area (Å²) in [5.74, 6) is 0.647. The maximum atomic E-state index is 5.56. The number of ether oxygens (including phenoxy) is 2. The van der Waals surface area contributed by atoms with E-state index < -0.39 is 5.60 Å². The monoisotopic (exact) mass is 206 g/mol. The Labute approximate surface area is 91.5 Å². The van der Waals surface area contributed by atoms with Crippen molar-refractivity contribution in [2.24, 2.45) is 0 Å². The Hall–Kier alpha value is -1.28. The van der Waals surface area contributed by atoms with Gasteiger partial charge in [0.25, 0.3) is 0 Å². The van der Waals surface area contributed by atoms with Crippen LogP contribution in [0.3, 0.4) is 0 Å². The fraction of sp³-hybridized carbons (Fsp3) is 0.385. The zero-order valence-electron chi connectivity index (χ0n) is 9.62. The summed E-state index contributed by atoms with van der Waals surface area (Å²) < 4.78 is 10.8. The Kier molecular flexibility index (Phi) is 3.92. The molecule has 82 valence electrons. The molecule has 0 fully saturated rings. The number of methoxy groups -OCH3 is 1. The van der Waals surface area contributed by atoms with Crippen LogP contribution in [0, 0.1) is 0 Å². The smallest absolute Gasteiger partial charge is 0.121 e. The normalized spacial score (nSPS) is 11.1. The molecule has 0 N–H and O–H groups in total. The minimum Gasteiger partial charge on any atom is -0.491 e. The molecule has 2 nitrogen and oxygen atoms in total. The van der Waals surface area contributed by atoms with Crippen LogP contribution in [0.25, 0.3) is 0 Å². The number of rotatable bonds is 5. The minimum atomic E-state index is -0.436. The van der Waals surface area contributed by atoms with Gasteiger partial charge in [0.15, 0.2) is 0 Å². The van der Waals surface area contributed by atoms with Gasteiger partial charge in [0, 0.05) is 7.11 Å². The highest BCUT2D eigenvalue weighted by atomic mass is 16.5.